The van der Waals surface area contributed by atoms with Crippen molar-refractivity contribution in [2.24, 2.45) is 5.92 Å². The summed E-state index contributed by atoms with van der Waals surface area (Å²) < 4.78 is 56.9. The topological polar surface area (TPSA) is 9.23 Å². The summed E-state index contributed by atoms with van der Waals surface area (Å²) in [6.07, 6.45) is 8.01. The molecular formula is C25H28F4O. The van der Waals surface area contributed by atoms with Gasteiger partial charge in [0.15, 0.2) is 23.6 Å². The smallest absolute Gasteiger partial charge is 0.305 e. The maximum atomic E-state index is 14.1. The predicted molar refractivity (Wildman–Crippen MR) is 112 cm³/mol. The minimum atomic E-state index is -2.16. The monoisotopic (exact) mass is 420 g/mol. The van der Waals surface area contributed by atoms with Crippen molar-refractivity contribution < 1.29 is 22.3 Å². The standard InChI is InChI=1S/C25H28F4O/c1-2-3-4-5-17-6-8-18(9-7-17)19-10-12-20(13-11-19)21-14-22(26)25(23(27)15-21)30-16-24(28)29/h10-18H,2-9H2,1H3/t17-,18-. The van der Waals surface area contributed by atoms with Gasteiger partial charge < -0.3 is 4.74 Å². The largest absolute Gasteiger partial charge is 0.453 e. The van der Waals surface area contributed by atoms with Crippen LogP contribution in [0.25, 0.3) is 11.1 Å². The number of halogens is 4. The molecular weight excluding hydrogens is 392 g/mol. The number of hydrogen-bond donors (Lipinski definition) is 0. The summed E-state index contributed by atoms with van der Waals surface area (Å²) in [5.41, 5.74) is 2.27. The lowest BCUT2D eigenvalue weighted by atomic mass is 9.77. The van der Waals surface area contributed by atoms with Crippen molar-refractivity contribution in [3.63, 3.8) is 0 Å². The van der Waals surface area contributed by atoms with Gasteiger partial charge in [-0.25, -0.2) is 8.78 Å². The van der Waals surface area contributed by atoms with E-state index in [1.54, 1.807) is 0 Å². The Kier molecular flexibility index (Phi) is 7.94. The Balaban J connectivity index is 1.64. The van der Waals surface area contributed by atoms with E-state index in [1.807, 2.05) is 24.3 Å². The highest BCUT2D eigenvalue weighted by Crippen LogP contribution is 2.38. The van der Waals surface area contributed by atoms with E-state index in [0.717, 1.165) is 18.1 Å². The van der Waals surface area contributed by atoms with Gasteiger partial charge in [0.1, 0.15) is 0 Å². The highest BCUT2D eigenvalue weighted by Gasteiger charge is 2.22. The summed E-state index contributed by atoms with van der Waals surface area (Å²) in [7, 11) is 0. The van der Waals surface area contributed by atoms with E-state index >= 15 is 0 Å². The van der Waals surface area contributed by atoms with Gasteiger partial charge in [0.25, 0.3) is 0 Å². The quantitative estimate of drug-likeness (QED) is 0.236. The molecule has 0 atom stereocenters. The minimum Gasteiger partial charge on any atom is -0.453 e. The molecule has 162 valence electrons. The molecule has 1 nitrogen and oxygen atoms in total. The van der Waals surface area contributed by atoms with Crippen molar-refractivity contribution in [2.45, 2.75) is 64.2 Å². The molecule has 3 rings (SSSR count). The van der Waals surface area contributed by atoms with Crippen LogP contribution in [0, 0.1) is 17.6 Å². The zero-order chi connectivity index (χ0) is 21.5. The summed E-state index contributed by atoms with van der Waals surface area (Å²) in [4.78, 5) is 0. The molecule has 0 N–H and O–H groups in total. The van der Waals surface area contributed by atoms with Crippen LogP contribution in [-0.2, 0) is 0 Å². The molecule has 2 aromatic rings. The fourth-order valence-electron chi connectivity index (χ4n) is 4.36. The van der Waals surface area contributed by atoms with E-state index in [2.05, 4.69) is 11.7 Å². The Hall–Kier alpha value is -2.30. The van der Waals surface area contributed by atoms with Crippen LogP contribution in [0.3, 0.4) is 0 Å². The first-order chi connectivity index (χ1) is 14.5. The SMILES string of the molecule is CCCCC[C@H]1CC[C@H](c2ccc(-c3cc(F)c(OC=C(F)F)c(F)c3)cc2)CC1. The Morgan fingerprint density at radius 1 is 0.933 bits per heavy atom. The summed E-state index contributed by atoms with van der Waals surface area (Å²) in [6.45, 7) is 2.23. The number of unbranched alkanes of at least 4 members (excludes halogenated alkanes) is 2. The molecule has 5 heteroatoms. The maximum absolute atomic E-state index is 14.1. The highest BCUT2D eigenvalue weighted by atomic mass is 19.3. The third kappa shape index (κ3) is 5.87. The van der Waals surface area contributed by atoms with Crippen molar-refractivity contribution in [3.05, 3.63) is 65.9 Å². The average molecular weight is 420 g/mol. The van der Waals surface area contributed by atoms with Gasteiger partial charge in [-0.3, -0.25) is 0 Å². The van der Waals surface area contributed by atoms with Gasteiger partial charge in [0, 0.05) is 0 Å². The number of rotatable bonds is 8. The van der Waals surface area contributed by atoms with Gasteiger partial charge in [-0.15, -0.1) is 0 Å². The first kappa shape index (κ1) is 22.4. The van der Waals surface area contributed by atoms with Crippen molar-refractivity contribution in [1.82, 2.24) is 0 Å². The first-order valence-electron chi connectivity index (χ1n) is 10.7. The minimum absolute atomic E-state index is 0.0223. The number of benzene rings is 2. The Bertz CT molecular complexity index is 825. The Morgan fingerprint density at radius 3 is 2.13 bits per heavy atom. The van der Waals surface area contributed by atoms with E-state index in [9.17, 15) is 17.6 Å². The fourth-order valence-corrected chi connectivity index (χ4v) is 4.36. The molecule has 0 aliphatic heterocycles. The molecule has 2 aromatic carbocycles. The van der Waals surface area contributed by atoms with Crippen LogP contribution in [0.4, 0.5) is 17.6 Å². The normalized spacial score (nSPS) is 18.8. The molecule has 0 saturated heterocycles. The van der Waals surface area contributed by atoms with Gasteiger partial charge in [-0.05, 0) is 66.3 Å². The summed E-state index contributed by atoms with van der Waals surface area (Å²) in [6, 6.07) is 9.96. The molecule has 30 heavy (non-hydrogen) atoms. The second-order valence-corrected chi connectivity index (χ2v) is 8.13. The third-order valence-electron chi connectivity index (χ3n) is 6.04. The zero-order valence-electron chi connectivity index (χ0n) is 17.3. The predicted octanol–water partition coefficient (Wildman–Crippen LogP) is 8.60. The van der Waals surface area contributed by atoms with Crippen molar-refractivity contribution in [1.29, 1.82) is 0 Å². The zero-order valence-corrected chi connectivity index (χ0v) is 17.3. The van der Waals surface area contributed by atoms with E-state index < -0.39 is 23.5 Å². The molecule has 0 spiro atoms. The van der Waals surface area contributed by atoms with E-state index in [4.69, 9.17) is 0 Å². The van der Waals surface area contributed by atoms with Crippen molar-refractivity contribution in [2.75, 3.05) is 0 Å². The number of hydrogen-bond acceptors (Lipinski definition) is 1. The third-order valence-corrected chi connectivity index (χ3v) is 6.04. The molecule has 0 heterocycles. The number of ether oxygens (including phenoxy) is 1. The van der Waals surface area contributed by atoms with E-state index in [0.29, 0.717) is 17.0 Å². The lowest BCUT2D eigenvalue weighted by Crippen LogP contribution is -2.13. The Labute approximate surface area is 175 Å². The van der Waals surface area contributed by atoms with Crippen molar-refractivity contribution >= 4 is 0 Å². The maximum Gasteiger partial charge on any atom is 0.305 e. The van der Waals surface area contributed by atoms with Crippen LogP contribution in [0.2, 0.25) is 0 Å². The highest BCUT2D eigenvalue weighted by molar-refractivity contribution is 5.65. The average Bonchev–Trinajstić information content (AvgIpc) is 2.74. The molecule has 0 aromatic heterocycles. The lowest BCUT2D eigenvalue weighted by molar-refractivity contribution is 0.303. The summed E-state index contributed by atoms with van der Waals surface area (Å²) in [5.74, 6) is -1.49. The molecule has 1 fully saturated rings. The molecule has 0 radical (unpaired) electrons. The van der Waals surface area contributed by atoms with Crippen LogP contribution in [0.15, 0.2) is 48.7 Å². The fraction of sp³-hybridized carbons (Fsp3) is 0.440. The van der Waals surface area contributed by atoms with Crippen LogP contribution in [0.5, 0.6) is 5.75 Å². The molecule has 0 unspecified atom stereocenters. The van der Waals surface area contributed by atoms with Crippen LogP contribution < -0.4 is 4.74 Å². The second kappa shape index (κ2) is 10.6. The first-order valence-corrected chi connectivity index (χ1v) is 10.7. The molecule has 1 saturated carbocycles. The molecule has 0 bridgehead atoms. The molecule has 1 aliphatic carbocycles. The van der Waals surface area contributed by atoms with E-state index in [-0.39, 0.29) is 6.26 Å². The van der Waals surface area contributed by atoms with Gasteiger partial charge in [-0.2, -0.15) is 8.78 Å². The van der Waals surface area contributed by atoms with Crippen LogP contribution >= 0.6 is 0 Å². The second-order valence-electron chi connectivity index (χ2n) is 8.13. The lowest BCUT2D eigenvalue weighted by Gasteiger charge is -2.29. The molecule has 0 amide bonds. The van der Waals surface area contributed by atoms with Crippen molar-refractivity contribution in [3.8, 4) is 16.9 Å². The summed E-state index contributed by atoms with van der Waals surface area (Å²) in [5, 5.41) is 0. The van der Waals surface area contributed by atoms with Gasteiger partial charge in [-0.1, -0.05) is 56.9 Å². The van der Waals surface area contributed by atoms with E-state index in [1.165, 1.54) is 56.9 Å². The van der Waals surface area contributed by atoms with Gasteiger partial charge >= 0.3 is 6.08 Å². The molecule has 1 aliphatic rings. The van der Waals surface area contributed by atoms with Gasteiger partial charge in [0.05, 0.1) is 0 Å². The van der Waals surface area contributed by atoms with Crippen LogP contribution in [-0.4, -0.2) is 0 Å². The Morgan fingerprint density at radius 2 is 1.57 bits per heavy atom. The van der Waals surface area contributed by atoms with Gasteiger partial charge in [0.2, 0.25) is 0 Å². The van der Waals surface area contributed by atoms with Crippen LogP contribution in [0.1, 0.15) is 69.8 Å². The summed E-state index contributed by atoms with van der Waals surface area (Å²) >= 11 is 0.